The van der Waals surface area contributed by atoms with Gasteiger partial charge < -0.3 is 0 Å². The fourth-order valence-corrected chi connectivity index (χ4v) is 13.4. The highest BCUT2D eigenvalue weighted by Crippen LogP contribution is 2.54. The van der Waals surface area contributed by atoms with Gasteiger partial charge in [0.25, 0.3) is 0 Å². The van der Waals surface area contributed by atoms with E-state index in [0.717, 1.165) is 0 Å². The fraction of sp³-hybridized carbons (Fsp3) is 0.0508. The van der Waals surface area contributed by atoms with E-state index in [1.54, 1.807) is 0 Å². The Hall–Kier alpha value is -6.84. The van der Waals surface area contributed by atoms with Crippen LogP contribution in [-0.2, 0) is 5.41 Å². The summed E-state index contributed by atoms with van der Waals surface area (Å²) < 4.78 is 5.37. The molecule has 2 heterocycles. The van der Waals surface area contributed by atoms with Crippen LogP contribution in [0.25, 0.3) is 128 Å². The molecule has 2 heteroatoms. The van der Waals surface area contributed by atoms with Crippen molar-refractivity contribution < 1.29 is 0 Å². The van der Waals surface area contributed by atoms with Crippen molar-refractivity contribution in [2.45, 2.75) is 19.3 Å². The molecule has 0 bridgehead atoms. The molecule has 14 rings (SSSR count). The van der Waals surface area contributed by atoms with Crippen LogP contribution in [0.15, 0.2) is 182 Å². The molecule has 284 valence electrons. The summed E-state index contributed by atoms with van der Waals surface area (Å²) in [6.45, 7) is 4.77. The van der Waals surface area contributed by atoms with Crippen LogP contribution in [0.4, 0.5) is 0 Å². The predicted molar refractivity (Wildman–Crippen MR) is 268 cm³/mol. The second kappa shape index (κ2) is 12.1. The van der Waals surface area contributed by atoms with E-state index < -0.39 is 0 Å². The highest BCUT2D eigenvalue weighted by atomic mass is 32.1. The van der Waals surface area contributed by atoms with Gasteiger partial charge in [0.05, 0.1) is 0 Å². The predicted octanol–water partition coefficient (Wildman–Crippen LogP) is 17.8. The molecule has 0 radical (unpaired) electrons. The first kappa shape index (κ1) is 33.9. The Balaban J connectivity index is 0.939. The van der Waals surface area contributed by atoms with Crippen molar-refractivity contribution in [1.29, 1.82) is 0 Å². The number of hydrogen-bond donors (Lipinski definition) is 0. The molecule has 0 fully saturated rings. The van der Waals surface area contributed by atoms with Crippen LogP contribution in [0.5, 0.6) is 0 Å². The van der Waals surface area contributed by atoms with Gasteiger partial charge in [-0.15, -0.1) is 22.7 Å². The topological polar surface area (TPSA) is 0 Å². The molecule has 1 aliphatic rings. The number of hydrogen-bond acceptors (Lipinski definition) is 2. The van der Waals surface area contributed by atoms with Crippen molar-refractivity contribution >= 4 is 117 Å². The number of thiophene rings is 2. The van der Waals surface area contributed by atoms with E-state index in [4.69, 9.17) is 0 Å². The van der Waals surface area contributed by atoms with Crippen LogP contribution in [0.3, 0.4) is 0 Å². The van der Waals surface area contributed by atoms with E-state index in [1.165, 1.54) is 139 Å². The summed E-state index contributed by atoms with van der Waals surface area (Å²) >= 11 is 3.83. The highest BCUT2D eigenvalue weighted by molar-refractivity contribution is 7.27. The smallest absolute Gasteiger partial charge is 0.0440 e. The van der Waals surface area contributed by atoms with Gasteiger partial charge in [-0.05, 0) is 142 Å². The van der Waals surface area contributed by atoms with Crippen molar-refractivity contribution in [3.8, 4) is 33.4 Å². The lowest BCUT2D eigenvalue weighted by atomic mass is 9.80. The maximum Gasteiger partial charge on any atom is 0.0440 e. The summed E-state index contributed by atoms with van der Waals surface area (Å²) in [7, 11) is 0. The van der Waals surface area contributed by atoms with Crippen LogP contribution >= 0.6 is 22.7 Å². The third-order valence-electron chi connectivity index (χ3n) is 14.0. The summed E-state index contributed by atoms with van der Waals surface area (Å²) in [6, 6.07) is 69.2. The zero-order chi connectivity index (χ0) is 40.1. The molecule has 0 nitrogen and oxygen atoms in total. The maximum absolute atomic E-state index is 2.50. The first-order valence-electron chi connectivity index (χ1n) is 21.2. The summed E-state index contributed by atoms with van der Waals surface area (Å²) in [5.74, 6) is 0. The largest absolute Gasteiger partial charge is 0.135 e. The molecule has 0 atom stereocenters. The number of benzene rings is 11. The Morgan fingerprint density at radius 1 is 0.328 bits per heavy atom. The van der Waals surface area contributed by atoms with Crippen LogP contribution in [0.2, 0.25) is 0 Å². The van der Waals surface area contributed by atoms with E-state index >= 15 is 0 Å². The molecule has 11 aromatic carbocycles. The van der Waals surface area contributed by atoms with Gasteiger partial charge in [0.15, 0.2) is 0 Å². The number of rotatable bonds is 2. The molecular formula is C59H36S2. The average Bonchev–Trinajstić information content (AvgIpc) is 3.94. The zero-order valence-electron chi connectivity index (χ0n) is 33.6. The zero-order valence-corrected chi connectivity index (χ0v) is 35.3. The molecular weight excluding hydrogens is 773 g/mol. The maximum atomic E-state index is 2.50. The normalized spacial score (nSPS) is 13.5. The molecule has 0 N–H and O–H groups in total. The van der Waals surface area contributed by atoms with Crippen LogP contribution < -0.4 is 0 Å². The quantitative estimate of drug-likeness (QED) is 0.153. The average molecular weight is 809 g/mol. The fourth-order valence-electron chi connectivity index (χ4n) is 11.0. The van der Waals surface area contributed by atoms with E-state index in [0.29, 0.717) is 0 Å². The monoisotopic (exact) mass is 808 g/mol. The lowest BCUT2D eigenvalue weighted by Crippen LogP contribution is -2.15. The lowest BCUT2D eigenvalue weighted by molar-refractivity contribution is 0.661. The van der Waals surface area contributed by atoms with Crippen molar-refractivity contribution in [3.63, 3.8) is 0 Å². The second-order valence-corrected chi connectivity index (χ2v) is 19.7. The summed E-state index contributed by atoms with van der Waals surface area (Å²) in [4.78, 5) is 0. The molecule has 0 saturated heterocycles. The Kier molecular flexibility index (Phi) is 6.75. The lowest BCUT2D eigenvalue weighted by Gasteiger charge is -2.23. The third kappa shape index (κ3) is 4.64. The minimum absolute atomic E-state index is 0.0728. The van der Waals surface area contributed by atoms with Gasteiger partial charge in [-0.3, -0.25) is 0 Å². The molecule has 1 aliphatic carbocycles. The van der Waals surface area contributed by atoms with Crippen LogP contribution in [0.1, 0.15) is 25.0 Å². The molecule has 13 aromatic rings. The standard InChI is InChI=1S/C59H36S2/c1-59(2)51-18-10-9-17-45(51)56-41-15-7-5-13-38(41)46(32-52(56)59)37-21-26-54-50(30-37)49-29-36(20-25-53(49)60-54)35-19-22-40-43-23-24-44-48-28-33-11-3-4-12-34(33)31-55(48)61-58(44)57(43)42-16-8-6-14-39(42)47(40)27-35/h3-32H,1-2H3. The van der Waals surface area contributed by atoms with E-state index in [-0.39, 0.29) is 5.41 Å². The third-order valence-corrected chi connectivity index (χ3v) is 16.3. The van der Waals surface area contributed by atoms with Gasteiger partial charge in [0.1, 0.15) is 0 Å². The van der Waals surface area contributed by atoms with Gasteiger partial charge in [-0.25, -0.2) is 0 Å². The van der Waals surface area contributed by atoms with E-state index in [1.807, 2.05) is 22.7 Å². The molecule has 61 heavy (non-hydrogen) atoms. The SMILES string of the molecule is CC1(C)c2ccccc2-c2c1cc(-c1ccc3sc4ccc(-c5ccc6c(c5)c5ccccc5c5c6ccc6c7cc8ccccc8cc7sc65)cc4c3c1)c1ccccc21. The summed E-state index contributed by atoms with van der Waals surface area (Å²) in [5.41, 5.74) is 10.6. The van der Waals surface area contributed by atoms with E-state index in [2.05, 4.69) is 196 Å². The van der Waals surface area contributed by atoms with Gasteiger partial charge in [-0.2, -0.15) is 0 Å². The van der Waals surface area contributed by atoms with Crippen LogP contribution in [-0.4, -0.2) is 0 Å². The molecule has 0 spiro atoms. The number of fused-ring (bicyclic) bond motifs is 19. The minimum Gasteiger partial charge on any atom is -0.135 e. The Morgan fingerprint density at radius 2 is 0.885 bits per heavy atom. The van der Waals surface area contributed by atoms with Crippen LogP contribution in [0, 0.1) is 0 Å². The summed E-state index contributed by atoms with van der Waals surface area (Å²) in [5, 5.41) is 18.5. The second-order valence-electron chi connectivity index (χ2n) is 17.6. The summed E-state index contributed by atoms with van der Waals surface area (Å²) in [6.07, 6.45) is 0. The van der Waals surface area contributed by atoms with Crippen molar-refractivity contribution in [1.82, 2.24) is 0 Å². The molecule has 0 unspecified atom stereocenters. The van der Waals surface area contributed by atoms with Crippen molar-refractivity contribution in [2.24, 2.45) is 0 Å². The molecule has 0 amide bonds. The first-order chi connectivity index (χ1) is 30.0. The minimum atomic E-state index is -0.0728. The molecule has 2 aromatic heterocycles. The molecule has 0 saturated carbocycles. The van der Waals surface area contributed by atoms with Gasteiger partial charge in [-0.1, -0.05) is 147 Å². The molecule has 0 aliphatic heterocycles. The van der Waals surface area contributed by atoms with Gasteiger partial charge >= 0.3 is 0 Å². The van der Waals surface area contributed by atoms with Gasteiger partial charge in [0, 0.05) is 51.1 Å². The van der Waals surface area contributed by atoms with E-state index in [9.17, 15) is 0 Å². The van der Waals surface area contributed by atoms with Crippen molar-refractivity contribution in [2.75, 3.05) is 0 Å². The highest BCUT2D eigenvalue weighted by Gasteiger charge is 2.37. The first-order valence-corrected chi connectivity index (χ1v) is 22.9. The Morgan fingerprint density at radius 3 is 1.70 bits per heavy atom. The Bertz CT molecular complexity index is 4060. The Labute approximate surface area is 360 Å². The van der Waals surface area contributed by atoms with Gasteiger partial charge in [0.2, 0.25) is 0 Å². The van der Waals surface area contributed by atoms with Crippen molar-refractivity contribution in [3.05, 3.63) is 193 Å².